The van der Waals surface area contributed by atoms with Gasteiger partial charge in [0.2, 0.25) is 0 Å². The van der Waals surface area contributed by atoms with Crippen LogP contribution in [-0.4, -0.2) is 24.3 Å². The molecule has 0 radical (unpaired) electrons. The van der Waals surface area contributed by atoms with Crippen molar-refractivity contribution in [3.05, 3.63) is 34.2 Å². The highest BCUT2D eigenvalue weighted by Gasteiger charge is 2.16. The number of fused-ring (bicyclic) bond motifs is 1. The topological polar surface area (TPSA) is 59.2 Å². The van der Waals surface area contributed by atoms with Gasteiger partial charge in [0.05, 0.1) is 17.6 Å². The van der Waals surface area contributed by atoms with Crippen LogP contribution in [0.1, 0.15) is 20.8 Å². The molecule has 2 rings (SSSR count). The van der Waals surface area contributed by atoms with Crippen molar-refractivity contribution in [2.24, 2.45) is 0 Å². The number of esters is 1. The second-order valence-corrected chi connectivity index (χ2v) is 3.75. The van der Waals surface area contributed by atoms with Crippen LogP contribution >= 0.6 is 11.6 Å². The largest absolute Gasteiger partial charge is 0.464 e. The van der Waals surface area contributed by atoms with E-state index in [0.717, 1.165) is 0 Å². The molecule has 0 atom stereocenters. The first kappa shape index (κ1) is 11.6. The summed E-state index contributed by atoms with van der Waals surface area (Å²) in [6.07, 6.45) is 0.544. The first-order valence-electron chi connectivity index (χ1n) is 4.62. The van der Waals surface area contributed by atoms with Crippen LogP contribution < -0.4 is 0 Å². The van der Waals surface area contributed by atoms with Crippen molar-refractivity contribution in [1.29, 1.82) is 0 Å². The number of rotatable bonds is 2. The zero-order valence-corrected chi connectivity index (χ0v) is 9.47. The number of hydrogen-bond acceptors (Lipinski definition) is 3. The molecule has 0 aliphatic rings. The molecular weight excluding hydrogens is 249 g/mol. The summed E-state index contributed by atoms with van der Waals surface area (Å²) < 4.78 is 18.2. The highest BCUT2D eigenvalue weighted by atomic mass is 35.5. The Morgan fingerprint density at radius 2 is 2.24 bits per heavy atom. The van der Waals surface area contributed by atoms with Crippen LogP contribution in [0.2, 0.25) is 5.02 Å². The fourth-order valence-corrected chi connectivity index (χ4v) is 1.78. The maximum Gasteiger partial charge on any atom is 0.354 e. The summed E-state index contributed by atoms with van der Waals surface area (Å²) in [5, 5.41) is 0.111. The average molecular weight is 256 g/mol. The Bertz CT molecular complexity index is 621. The Balaban J connectivity index is 2.78. The number of H-pyrrole nitrogens is 1. The van der Waals surface area contributed by atoms with Crippen LogP contribution in [0.5, 0.6) is 0 Å². The summed E-state index contributed by atoms with van der Waals surface area (Å²) in [5.74, 6) is -1.35. The van der Waals surface area contributed by atoms with Gasteiger partial charge in [0, 0.05) is 10.9 Å². The average Bonchev–Trinajstić information content (AvgIpc) is 2.78. The fraction of sp³-hybridized carbons (Fsp3) is 0.0909. The molecule has 0 saturated heterocycles. The molecule has 0 fully saturated rings. The van der Waals surface area contributed by atoms with Crippen molar-refractivity contribution in [1.82, 2.24) is 4.98 Å². The predicted octanol–water partition coefficient (Wildman–Crippen LogP) is 2.56. The van der Waals surface area contributed by atoms with Crippen LogP contribution in [-0.2, 0) is 4.74 Å². The lowest BCUT2D eigenvalue weighted by Crippen LogP contribution is -2.00. The minimum atomic E-state index is -0.706. The van der Waals surface area contributed by atoms with Gasteiger partial charge in [-0.1, -0.05) is 11.6 Å². The number of hydrogen-bond donors (Lipinski definition) is 1. The number of methoxy groups -OCH3 is 1. The first-order chi connectivity index (χ1) is 8.08. The highest BCUT2D eigenvalue weighted by molar-refractivity contribution is 6.32. The quantitative estimate of drug-likeness (QED) is 0.663. The van der Waals surface area contributed by atoms with Crippen molar-refractivity contribution in [2.75, 3.05) is 7.11 Å². The number of benzene rings is 1. The lowest BCUT2D eigenvalue weighted by molar-refractivity contribution is 0.0595. The van der Waals surface area contributed by atoms with Gasteiger partial charge in [0.15, 0.2) is 12.1 Å². The van der Waals surface area contributed by atoms with E-state index in [1.807, 2.05) is 0 Å². The summed E-state index contributed by atoms with van der Waals surface area (Å²) >= 11 is 5.62. The van der Waals surface area contributed by atoms with Crippen LogP contribution in [0.3, 0.4) is 0 Å². The molecule has 1 heterocycles. The predicted molar refractivity (Wildman–Crippen MR) is 60.0 cm³/mol. The van der Waals surface area contributed by atoms with E-state index in [2.05, 4.69) is 9.72 Å². The Kier molecular flexibility index (Phi) is 2.85. The van der Waals surface area contributed by atoms with Gasteiger partial charge in [-0.3, -0.25) is 4.79 Å². The van der Waals surface area contributed by atoms with Crippen LogP contribution in [0.4, 0.5) is 4.39 Å². The van der Waals surface area contributed by atoms with Crippen molar-refractivity contribution in [3.8, 4) is 0 Å². The lowest BCUT2D eigenvalue weighted by Gasteiger charge is -1.98. The number of ether oxygens (including phenoxy) is 1. The van der Waals surface area contributed by atoms with Gasteiger partial charge in [-0.25, -0.2) is 9.18 Å². The van der Waals surface area contributed by atoms with E-state index in [1.165, 1.54) is 19.2 Å². The molecule has 88 valence electrons. The maximum absolute atomic E-state index is 13.7. The van der Waals surface area contributed by atoms with Gasteiger partial charge in [-0.15, -0.1) is 0 Å². The Hall–Kier alpha value is -1.88. The number of halogens is 2. The minimum absolute atomic E-state index is 0.0139. The van der Waals surface area contributed by atoms with Crippen LogP contribution in [0.15, 0.2) is 12.1 Å². The van der Waals surface area contributed by atoms with E-state index in [9.17, 15) is 14.0 Å². The molecule has 17 heavy (non-hydrogen) atoms. The van der Waals surface area contributed by atoms with Gasteiger partial charge in [-0.2, -0.15) is 0 Å². The summed E-state index contributed by atoms with van der Waals surface area (Å²) in [5.41, 5.74) is 0.282. The third-order valence-corrected chi connectivity index (χ3v) is 2.65. The van der Waals surface area contributed by atoms with Crippen molar-refractivity contribution < 1.29 is 18.7 Å². The van der Waals surface area contributed by atoms with Crippen molar-refractivity contribution >= 4 is 34.8 Å². The van der Waals surface area contributed by atoms with Crippen molar-refractivity contribution in [2.45, 2.75) is 0 Å². The molecule has 0 amide bonds. The molecule has 0 aliphatic carbocycles. The smallest absolute Gasteiger partial charge is 0.354 e. The summed E-state index contributed by atoms with van der Waals surface area (Å²) in [6, 6.07) is 2.56. The van der Waals surface area contributed by atoms with Gasteiger partial charge in [0.25, 0.3) is 0 Å². The van der Waals surface area contributed by atoms with E-state index in [-0.39, 0.29) is 21.8 Å². The van der Waals surface area contributed by atoms with Crippen molar-refractivity contribution in [3.63, 3.8) is 0 Å². The van der Waals surface area contributed by atoms with E-state index in [4.69, 9.17) is 11.6 Å². The van der Waals surface area contributed by atoms with E-state index in [1.54, 1.807) is 0 Å². The Morgan fingerprint density at radius 3 is 2.82 bits per heavy atom. The number of nitrogens with one attached hydrogen (secondary N) is 1. The van der Waals surface area contributed by atoms with Crippen LogP contribution in [0.25, 0.3) is 10.9 Å². The molecule has 1 aromatic heterocycles. The molecule has 1 aromatic carbocycles. The molecule has 0 unspecified atom stereocenters. The highest BCUT2D eigenvalue weighted by Crippen LogP contribution is 2.28. The lowest BCUT2D eigenvalue weighted by atomic mass is 10.1. The second-order valence-electron chi connectivity index (χ2n) is 3.34. The Morgan fingerprint density at radius 1 is 1.53 bits per heavy atom. The molecule has 6 heteroatoms. The number of carbonyl (C=O) groups excluding carboxylic acids is 2. The van der Waals surface area contributed by atoms with Gasteiger partial charge in [-0.05, 0) is 12.1 Å². The second kappa shape index (κ2) is 4.18. The molecule has 0 saturated carbocycles. The molecule has 4 nitrogen and oxygen atoms in total. The molecule has 0 bridgehead atoms. The monoisotopic (exact) mass is 255 g/mol. The third-order valence-electron chi connectivity index (χ3n) is 2.37. The summed E-state index contributed by atoms with van der Waals surface area (Å²) in [4.78, 5) is 24.6. The molecule has 2 aromatic rings. The first-order valence-corrected chi connectivity index (χ1v) is 5.00. The summed E-state index contributed by atoms with van der Waals surface area (Å²) in [6.45, 7) is 0. The van der Waals surface area contributed by atoms with Gasteiger partial charge >= 0.3 is 5.97 Å². The van der Waals surface area contributed by atoms with E-state index in [0.29, 0.717) is 11.7 Å². The SMILES string of the molecule is COC(=O)c1cc2c(C=O)cc(Cl)c(F)c2[nH]1. The van der Waals surface area contributed by atoms with Crippen LogP contribution in [0, 0.1) is 5.82 Å². The molecular formula is C11H7ClFNO3. The molecule has 0 aliphatic heterocycles. The normalized spacial score (nSPS) is 10.5. The minimum Gasteiger partial charge on any atom is -0.464 e. The van der Waals surface area contributed by atoms with Gasteiger partial charge in [0.1, 0.15) is 5.69 Å². The van der Waals surface area contributed by atoms with E-state index >= 15 is 0 Å². The Labute approximate surface area is 100 Å². The number of carbonyl (C=O) groups is 2. The van der Waals surface area contributed by atoms with E-state index < -0.39 is 11.8 Å². The fourth-order valence-electron chi connectivity index (χ4n) is 1.57. The molecule has 0 spiro atoms. The third kappa shape index (κ3) is 1.78. The maximum atomic E-state index is 13.7. The summed E-state index contributed by atoms with van der Waals surface area (Å²) in [7, 11) is 1.21. The standard InChI is InChI=1S/C11H7ClFNO3/c1-17-11(16)8-3-6-5(4-15)2-7(12)9(13)10(6)14-8/h2-4,14H,1H3. The zero-order valence-electron chi connectivity index (χ0n) is 8.71. The van der Waals surface area contributed by atoms with Gasteiger partial charge < -0.3 is 9.72 Å². The molecule has 1 N–H and O–H groups in total. The number of aldehydes is 1. The number of aromatic nitrogens is 1. The number of aromatic amines is 1. The zero-order chi connectivity index (χ0) is 12.6.